The standard InChI is InChI=1S/C62H113N11O11/c1-17-19-21-22-23-25-27-45(65-56(80)49-28-26-33-73(49)51(75)29-24-20-18-2)52(76)66-47(36-41(5)6)54(78)69-61(13,14)58(82)68-46(35-40(3)4)53(77)67-48(37-42(7)8)55(79)70-62(15,16)59(83)71-60(11,12)57(81)64-31-30-50(74)63-32-34-72-38-43(9)84-44(10)39-72/h40-49H,17-39H2,1-16H3,(H,63,74)(H,64,81)(H,65,80)(H,66,76)(H,67,77)(H,68,82)(H,69,78)(H,70,79)(H,71,83)/t43-,44+,45-,46-,47-,48-,49-/m0/s1. The molecule has 10 amide bonds. The molecule has 0 aromatic heterocycles. The van der Waals surface area contributed by atoms with E-state index >= 15 is 0 Å². The second kappa shape index (κ2) is 36.6. The quantitative estimate of drug-likeness (QED) is 0.0377. The fraction of sp³-hybridized carbons (Fsp3) is 0.839. The first kappa shape index (κ1) is 74.7. The minimum absolute atomic E-state index is 0.0296. The van der Waals surface area contributed by atoms with Crippen LogP contribution in [0.4, 0.5) is 0 Å². The minimum atomic E-state index is -1.62. The highest BCUT2D eigenvalue weighted by Gasteiger charge is 2.41. The molecule has 2 fully saturated rings. The maximum atomic E-state index is 14.3. The molecular formula is C62H113N11O11. The summed E-state index contributed by atoms with van der Waals surface area (Å²) in [6.07, 6.45) is 11.0. The zero-order chi connectivity index (χ0) is 63.5. The van der Waals surface area contributed by atoms with Crippen LogP contribution in [0.5, 0.6) is 0 Å². The first-order valence-corrected chi connectivity index (χ1v) is 31.6. The van der Waals surface area contributed by atoms with Gasteiger partial charge in [0.25, 0.3) is 0 Å². The fourth-order valence-electron chi connectivity index (χ4n) is 10.5. The number of morpholine rings is 1. The number of likely N-dealkylation sites (tertiary alicyclic amines) is 1. The van der Waals surface area contributed by atoms with Gasteiger partial charge in [0.15, 0.2) is 0 Å². The lowest BCUT2D eigenvalue weighted by atomic mass is 9.96. The van der Waals surface area contributed by atoms with E-state index in [-0.39, 0.29) is 74.0 Å². The van der Waals surface area contributed by atoms with Crippen molar-refractivity contribution in [3.63, 3.8) is 0 Å². The molecule has 0 bridgehead atoms. The second-order valence-electron chi connectivity index (χ2n) is 26.5. The smallest absolute Gasteiger partial charge is 0.246 e. The lowest BCUT2D eigenvalue weighted by Gasteiger charge is -2.35. The van der Waals surface area contributed by atoms with Crippen LogP contribution >= 0.6 is 0 Å². The third-order valence-corrected chi connectivity index (χ3v) is 15.2. The van der Waals surface area contributed by atoms with Crippen molar-refractivity contribution in [3.05, 3.63) is 0 Å². The molecule has 2 aliphatic rings. The van der Waals surface area contributed by atoms with Gasteiger partial charge in [-0.2, -0.15) is 0 Å². The number of hydrogen-bond donors (Lipinski definition) is 9. The Labute approximate surface area is 503 Å². The van der Waals surface area contributed by atoms with Gasteiger partial charge in [-0.25, -0.2) is 0 Å². The predicted molar refractivity (Wildman–Crippen MR) is 327 cm³/mol. The van der Waals surface area contributed by atoms with Crippen LogP contribution in [0, 0.1) is 17.8 Å². The Hall–Kier alpha value is -5.38. The van der Waals surface area contributed by atoms with Crippen molar-refractivity contribution in [2.24, 2.45) is 17.8 Å². The molecule has 2 rings (SSSR count). The van der Waals surface area contributed by atoms with Crippen LogP contribution < -0.4 is 47.9 Å². The third kappa shape index (κ3) is 27.3. The van der Waals surface area contributed by atoms with Gasteiger partial charge in [0.2, 0.25) is 59.1 Å². The summed E-state index contributed by atoms with van der Waals surface area (Å²) >= 11 is 0. The van der Waals surface area contributed by atoms with Gasteiger partial charge in [-0.15, -0.1) is 0 Å². The van der Waals surface area contributed by atoms with Gasteiger partial charge in [-0.3, -0.25) is 52.8 Å². The molecular weight excluding hydrogens is 1070 g/mol. The molecule has 0 aromatic carbocycles. The second-order valence-corrected chi connectivity index (χ2v) is 26.5. The van der Waals surface area contributed by atoms with Crippen LogP contribution in [0.2, 0.25) is 0 Å². The largest absolute Gasteiger partial charge is 0.373 e. The summed E-state index contributed by atoms with van der Waals surface area (Å²) in [4.78, 5) is 142. The number of rotatable bonds is 38. The summed E-state index contributed by atoms with van der Waals surface area (Å²) in [6.45, 7) is 31.6. The van der Waals surface area contributed by atoms with Crippen LogP contribution in [0.15, 0.2) is 0 Å². The summed E-state index contributed by atoms with van der Waals surface area (Å²) in [7, 11) is 0. The predicted octanol–water partition coefficient (Wildman–Crippen LogP) is 4.80. The lowest BCUT2D eigenvalue weighted by Crippen LogP contribution is -2.65. The molecule has 84 heavy (non-hydrogen) atoms. The Balaban J connectivity index is 2.17. The number of unbranched alkanes of at least 4 members (excludes halogenated alkanes) is 7. The Morgan fingerprint density at radius 3 is 1.52 bits per heavy atom. The van der Waals surface area contributed by atoms with Crippen molar-refractivity contribution < 1.29 is 52.7 Å². The van der Waals surface area contributed by atoms with E-state index in [0.717, 1.165) is 64.5 Å². The van der Waals surface area contributed by atoms with Crippen LogP contribution in [-0.4, -0.2) is 167 Å². The monoisotopic (exact) mass is 1190 g/mol. The highest BCUT2D eigenvalue weighted by atomic mass is 16.5. The molecule has 0 saturated carbocycles. The molecule has 0 radical (unpaired) electrons. The molecule has 2 aliphatic heterocycles. The molecule has 7 atom stereocenters. The van der Waals surface area contributed by atoms with E-state index < -0.39 is 94.1 Å². The molecule has 482 valence electrons. The number of nitrogens with one attached hydrogen (secondary N) is 9. The van der Waals surface area contributed by atoms with Crippen LogP contribution in [0.1, 0.15) is 220 Å². The molecule has 0 aromatic rings. The molecule has 22 nitrogen and oxygen atoms in total. The van der Waals surface area contributed by atoms with E-state index in [1.165, 1.54) is 41.5 Å². The maximum absolute atomic E-state index is 14.3. The van der Waals surface area contributed by atoms with Gasteiger partial charge in [0.05, 0.1) is 12.2 Å². The van der Waals surface area contributed by atoms with Crippen molar-refractivity contribution in [1.82, 2.24) is 57.7 Å². The number of amides is 10. The Morgan fingerprint density at radius 1 is 0.512 bits per heavy atom. The molecule has 0 unspecified atom stereocenters. The topological polar surface area (TPSA) is 295 Å². The maximum Gasteiger partial charge on any atom is 0.246 e. The Kier molecular flexibility index (Phi) is 32.5. The van der Waals surface area contributed by atoms with Crippen molar-refractivity contribution >= 4 is 59.1 Å². The number of nitrogens with zero attached hydrogens (tertiary/aromatic N) is 2. The summed E-state index contributed by atoms with van der Waals surface area (Å²) in [6, 6.07) is -5.10. The van der Waals surface area contributed by atoms with Gasteiger partial charge in [-0.1, -0.05) is 107 Å². The highest BCUT2D eigenvalue weighted by Crippen LogP contribution is 2.22. The van der Waals surface area contributed by atoms with E-state index in [1.807, 2.05) is 55.4 Å². The van der Waals surface area contributed by atoms with Gasteiger partial charge in [0.1, 0.15) is 46.8 Å². The molecule has 2 heterocycles. The Bertz CT molecular complexity index is 2140. The summed E-state index contributed by atoms with van der Waals surface area (Å²) in [5.41, 5.74) is -4.66. The van der Waals surface area contributed by atoms with Crippen LogP contribution in [0.3, 0.4) is 0 Å². The lowest BCUT2D eigenvalue weighted by molar-refractivity contribution is -0.140. The average Bonchev–Trinajstić information content (AvgIpc) is 4.04. The highest BCUT2D eigenvalue weighted by molar-refractivity contribution is 6.00. The minimum Gasteiger partial charge on any atom is -0.373 e. The first-order valence-electron chi connectivity index (χ1n) is 31.6. The van der Waals surface area contributed by atoms with Gasteiger partial charge in [0, 0.05) is 52.1 Å². The molecule has 0 spiro atoms. The van der Waals surface area contributed by atoms with Crippen molar-refractivity contribution in [2.45, 2.75) is 279 Å². The number of ether oxygens (including phenoxy) is 1. The molecule has 0 aliphatic carbocycles. The van der Waals surface area contributed by atoms with E-state index in [9.17, 15) is 47.9 Å². The average molecular weight is 1190 g/mol. The van der Waals surface area contributed by atoms with Gasteiger partial charge >= 0.3 is 0 Å². The third-order valence-electron chi connectivity index (χ3n) is 15.2. The SMILES string of the molecule is CCCCCCCC[C@H](NC(=O)[C@@H]1CCCN1C(=O)CCCCC)C(=O)N[C@@H](CC(C)C)C(=O)NC(C)(C)C(=O)N[C@@H](CC(C)C)C(=O)N[C@@H](CC(C)C)C(=O)NC(C)(C)C(=O)NC(C)(C)C(=O)NCCC(=O)NCCN1C[C@@H](C)O[C@@H](C)C1. The van der Waals surface area contributed by atoms with E-state index in [2.05, 4.69) is 66.6 Å². The van der Waals surface area contributed by atoms with Gasteiger partial charge < -0.3 is 57.5 Å². The number of hydrogen-bond acceptors (Lipinski definition) is 12. The van der Waals surface area contributed by atoms with E-state index in [0.29, 0.717) is 51.7 Å². The summed E-state index contributed by atoms with van der Waals surface area (Å²) in [5.74, 6) is -5.46. The molecule has 2 saturated heterocycles. The first-order chi connectivity index (χ1) is 39.2. The Morgan fingerprint density at radius 2 is 0.988 bits per heavy atom. The van der Waals surface area contributed by atoms with Gasteiger partial charge in [-0.05, 0) is 118 Å². The van der Waals surface area contributed by atoms with E-state index in [1.54, 1.807) is 4.90 Å². The van der Waals surface area contributed by atoms with Crippen molar-refractivity contribution in [1.29, 1.82) is 0 Å². The zero-order valence-corrected chi connectivity index (χ0v) is 54.4. The zero-order valence-electron chi connectivity index (χ0n) is 54.4. The normalized spacial score (nSPS) is 18.3. The molecule has 22 heteroatoms. The summed E-state index contributed by atoms with van der Waals surface area (Å²) in [5, 5.41) is 25.3. The molecule has 9 N–H and O–H groups in total. The summed E-state index contributed by atoms with van der Waals surface area (Å²) < 4.78 is 5.77. The number of carbonyl (C=O) groups is 10. The van der Waals surface area contributed by atoms with E-state index in [4.69, 9.17) is 4.74 Å². The van der Waals surface area contributed by atoms with Crippen LogP contribution in [-0.2, 0) is 52.7 Å². The van der Waals surface area contributed by atoms with Crippen LogP contribution in [0.25, 0.3) is 0 Å². The van der Waals surface area contributed by atoms with Crippen molar-refractivity contribution in [2.75, 3.05) is 39.3 Å². The fourth-order valence-corrected chi connectivity index (χ4v) is 10.5. The number of carbonyl (C=O) groups excluding carboxylic acids is 10. The van der Waals surface area contributed by atoms with Crippen molar-refractivity contribution in [3.8, 4) is 0 Å².